The molecule has 0 radical (unpaired) electrons. The van der Waals surface area contributed by atoms with E-state index in [9.17, 15) is 13.9 Å². The van der Waals surface area contributed by atoms with Gasteiger partial charge in [-0.05, 0) is 43.4 Å². The number of hydrogen-bond acceptors (Lipinski definition) is 7. The molecule has 2 aromatic heterocycles. The van der Waals surface area contributed by atoms with Gasteiger partial charge in [0.1, 0.15) is 5.75 Å². The molecule has 2 N–H and O–H groups in total. The number of piperidine rings is 2. The van der Waals surface area contributed by atoms with E-state index in [0.29, 0.717) is 36.1 Å². The molecule has 34 heavy (non-hydrogen) atoms. The third-order valence-corrected chi connectivity index (χ3v) is 7.10. The number of halogens is 2. The lowest BCUT2D eigenvalue weighted by Crippen LogP contribution is -2.59. The monoisotopic (exact) mass is 467 g/mol. The zero-order valence-corrected chi connectivity index (χ0v) is 18.9. The molecule has 1 aliphatic carbocycles. The molecule has 8 nitrogen and oxygen atoms in total. The van der Waals surface area contributed by atoms with Crippen molar-refractivity contribution in [1.82, 2.24) is 30.3 Å². The second-order valence-electron chi connectivity index (χ2n) is 9.86. The summed E-state index contributed by atoms with van der Waals surface area (Å²) in [5.74, 6) is -1.49. The first-order chi connectivity index (χ1) is 16.3. The Labute approximate surface area is 196 Å². The largest absolute Gasteiger partial charge is 0.507 e. The van der Waals surface area contributed by atoms with E-state index >= 15 is 0 Å². The maximum Gasteiger partial charge on any atom is 0.251 e. The Morgan fingerprint density at radius 3 is 2.41 bits per heavy atom. The number of alkyl halides is 2. The number of phenolic OH excluding ortho intramolecular Hbond substituents is 1. The van der Waals surface area contributed by atoms with Crippen LogP contribution in [-0.4, -0.2) is 60.2 Å². The van der Waals surface area contributed by atoms with Crippen LogP contribution in [0.25, 0.3) is 22.5 Å². The smallest absolute Gasteiger partial charge is 0.251 e. The standard InChI is InChI=1S/C24H27F2N7O/c1-32-13-15(11-28-32)14-2-5-20(21(34)6-14)23-27-12-22(30-31-23)33(18-3-4-18)19-7-16-9-24(25,26)10-17(8-19)29-16/h2,5-6,11-13,16-19,29,34H,3-4,7-10H2,1H3/t16-,17+,19?. The Bertz CT molecular complexity index is 1180. The van der Waals surface area contributed by atoms with Crippen LogP contribution in [-0.2, 0) is 7.05 Å². The molecule has 3 aromatic rings. The zero-order chi connectivity index (χ0) is 23.4. The predicted octanol–water partition coefficient (Wildman–Crippen LogP) is 3.53. The van der Waals surface area contributed by atoms with Crippen molar-refractivity contribution in [3.8, 4) is 28.3 Å². The highest BCUT2D eigenvalue weighted by Gasteiger charge is 2.47. The van der Waals surface area contributed by atoms with E-state index < -0.39 is 5.92 Å². The number of anilines is 1. The van der Waals surface area contributed by atoms with Crippen molar-refractivity contribution < 1.29 is 13.9 Å². The van der Waals surface area contributed by atoms with Crippen LogP contribution in [0.5, 0.6) is 5.75 Å². The Kier molecular flexibility index (Phi) is 5.02. The second-order valence-corrected chi connectivity index (χ2v) is 9.86. The number of fused-ring (bicyclic) bond motifs is 2. The fraction of sp³-hybridized carbons (Fsp3) is 0.500. The van der Waals surface area contributed by atoms with Crippen molar-refractivity contribution in [3.63, 3.8) is 0 Å². The molecule has 4 heterocycles. The van der Waals surface area contributed by atoms with Gasteiger partial charge in [0.2, 0.25) is 0 Å². The van der Waals surface area contributed by atoms with Crippen molar-refractivity contribution in [2.75, 3.05) is 4.90 Å². The number of benzene rings is 1. The van der Waals surface area contributed by atoms with Crippen LogP contribution < -0.4 is 10.2 Å². The van der Waals surface area contributed by atoms with E-state index in [2.05, 4.69) is 30.5 Å². The molecule has 178 valence electrons. The van der Waals surface area contributed by atoms with E-state index in [4.69, 9.17) is 0 Å². The number of phenols is 1. The van der Waals surface area contributed by atoms with Gasteiger partial charge < -0.3 is 15.3 Å². The van der Waals surface area contributed by atoms with E-state index in [1.54, 1.807) is 29.2 Å². The van der Waals surface area contributed by atoms with E-state index in [1.165, 1.54) is 0 Å². The minimum absolute atomic E-state index is 0.0714. The average Bonchev–Trinajstić information content (AvgIpc) is 3.51. The van der Waals surface area contributed by atoms with Gasteiger partial charge in [0.15, 0.2) is 11.6 Å². The van der Waals surface area contributed by atoms with Gasteiger partial charge in [-0.3, -0.25) is 4.68 Å². The van der Waals surface area contributed by atoms with Crippen molar-refractivity contribution >= 4 is 5.82 Å². The van der Waals surface area contributed by atoms with Crippen LogP contribution in [0.4, 0.5) is 14.6 Å². The summed E-state index contributed by atoms with van der Waals surface area (Å²) in [5, 5.41) is 26.9. The quantitative estimate of drug-likeness (QED) is 0.593. The summed E-state index contributed by atoms with van der Waals surface area (Å²) < 4.78 is 29.7. The third-order valence-electron chi connectivity index (χ3n) is 7.10. The molecule has 0 amide bonds. The molecule has 3 aliphatic rings. The van der Waals surface area contributed by atoms with Gasteiger partial charge in [-0.2, -0.15) is 5.10 Å². The number of aromatic hydroxyl groups is 1. The van der Waals surface area contributed by atoms with Gasteiger partial charge in [-0.25, -0.2) is 13.8 Å². The Hall–Kier alpha value is -3.14. The third kappa shape index (κ3) is 4.11. The summed E-state index contributed by atoms with van der Waals surface area (Å²) in [6, 6.07) is 5.50. The number of nitrogens with one attached hydrogen (secondary N) is 1. The van der Waals surface area contributed by atoms with E-state index in [1.807, 2.05) is 19.3 Å². The summed E-state index contributed by atoms with van der Waals surface area (Å²) in [6.45, 7) is 0. The molecule has 3 atom stereocenters. The lowest BCUT2D eigenvalue weighted by molar-refractivity contribution is -0.0671. The molecule has 6 rings (SSSR count). The van der Waals surface area contributed by atoms with Gasteiger partial charge >= 0.3 is 0 Å². The zero-order valence-electron chi connectivity index (χ0n) is 18.9. The fourth-order valence-corrected chi connectivity index (χ4v) is 5.54. The topological polar surface area (TPSA) is 92.0 Å². The second kappa shape index (κ2) is 7.97. The molecule has 2 saturated heterocycles. The number of aromatic nitrogens is 5. The normalized spacial score (nSPS) is 25.8. The van der Waals surface area contributed by atoms with Gasteiger partial charge in [0.25, 0.3) is 5.92 Å². The van der Waals surface area contributed by atoms with Gasteiger partial charge in [0.05, 0.1) is 18.0 Å². The maximum atomic E-state index is 14.0. The minimum Gasteiger partial charge on any atom is -0.507 e. The van der Waals surface area contributed by atoms with Crippen LogP contribution in [0, 0.1) is 0 Å². The van der Waals surface area contributed by atoms with Crippen molar-refractivity contribution in [3.05, 3.63) is 36.8 Å². The van der Waals surface area contributed by atoms with Crippen LogP contribution in [0.2, 0.25) is 0 Å². The highest BCUT2D eigenvalue weighted by molar-refractivity contribution is 5.72. The van der Waals surface area contributed by atoms with Crippen LogP contribution in [0.3, 0.4) is 0 Å². The predicted molar refractivity (Wildman–Crippen MR) is 123 cm³/mol. The maximum absolute atomic E-state index is 14.0. The molecule has 2 aliphatic heterocycles. The van der Waals surface area contributed by atoms with E-state index in [-0.39, 0.29) is 36.7 Å². The van der Waals surface area contributed by atoms with Crippen LogP contribution >= 0.6 is 0 Å². The molecule has 2 bridgehead atoms. The molecule has 3 fully saturated rings. The summed E-state index contributed by atoms with van der Waals surface area (Å²) in [6.07, 6.45) is 8.58. The van der Waals surface area contributed by atoms with Gasteiger partial charge in [-0.15, -0.1) is 10.2 Å². The highest BCUT2D eigenvalue weighted by atomic mass is 19.3. The Balaban J connectivity index is 1.23. The van der Waals surface area contributed by atoms with Crippen molar-refractivity contribution in [1.29, 1.82) is 0 Å². The van der Waals surface area contributed by atoms with E-state index in [0.717, 1.165) is 24.0 Å². The van der Waals surface area contributed by atoms with Crippen molar-refractivity contribution in [2.24, 2.45) is 7.05 Å². The number of nitrogens with zero attached hydrogens (tertiary/aromatic N) is 6. The summed E-state index contributed by atoms with van der Waals surface area (Å²) in [5.41, 5.74) is 2.26. The lowest BCUT2D eigenvalue weighted by atomic mass is 9.81. The molecular formula is C24H27F2N7O. The number of hydrogen-bond donors (Lipinski definition) is 2. The minimum atomic E-state index is -2.58. The summed E-state index contributed by atoms with van der Waals surface area (Å²) in [7, 11) is 1.84. The van der Waals surface area contributed by atoms with Gasteiger partial charge in [0, 0.05) is 55.8 Å². The summed E-state index contributed by atoms with van der Waals surface area (Å²) in [4.78, 5) is 6.76. The first kappa shape index (κ1) is 21.4. The average molecular weight is 468 g/mol. The van der Waals surface area contributed by atoms with Gasteiger partial charge in [-0.1, -0.05) is 6.07 Å². The first-order valence-corrected chi connectivity index (χ1v) is 11.8. The molecule has 10 heteroatoms. The highest BCUT2D eigenvalue weighted by Crippen LogP contribution is 2.41. The van der Waals surface area contributed by atoms with Crippen molar-refractivity contribution in [2.45, 2.75) is 68.6 Å². The molecule has 1 unspecified atom stereocenters. The molecular weight excluding hydrogens is 440 g/mol. The van der Waals surface area contributed by atoms with Crippen LogP contribution in [0.1, 0.15) is 38.5 Å². The Morgan fingerprint density at radius 2 is 1.82 bits per heavy atom. The Morgan fingerprint density at radius 1 is 1.06 bits per heavy atom. The molecule has 1 saturated carbocycles. The number of rotatable bonds is 5. The number of aryl methyl sites for hydroxylation is 1. The lowest BCUT2D eigenvalue weighted by Gasteiger charge is -2.47. The SMILES string of the molecule is Cn1cc(-c2ccc(-c3ncc(N(C4CC4)C4C[C@@H]5CC(F)(F)C[C@H](C4)N5)nn3)c(O)c2)cn1. The first-order valence-electron chi connectivity index (χ1n) is 11.8. The van der Waals surface area contributed by atoms with Crippen LogP contribution in [0.15, 0.2) is 36.8 Å². The fourth-order valence-electron chi connectivity index (χ4n) is 5.54. The molecule has 1 aromatic carbocycles. The summed E-state index contributed by atoms with van der Waals surface area (Å²) >= 11 is 0. The molecule has 0 spiro atoms.